The van der Waals surface area contributed by atoms with Gasteiger partial charge in [-0.05, 0) is 36.4 Å². The van der Waals surface area contributed by atoms with Crippen LogP contribution in [0.25, 0.3) is 0 Å². The maximum atomic E-state index is 3.58. The van der Waals surface area contributed by atoms with Gasteiger partial charge in [-0.1, -0.05) is 44.5 Å². The molecule has 90 valence electrons. The molecule has 2 heteroatoms. The van der Waals surface area contributed by atoms with E-state index < -0.39 is 0 Å². The van der Waals surface area contributed by atoms with Gasteiger partial charge in [0.25, 0.3) is 0 Å². The highest BCUT2D eigenvalue weighted by molar-refractivity contribution is 5.85. The topological polar surface area (TPSA) is 12.0 Å². The van der Waals surface area contributed by atoms with E-state index in [1.54, 1.807) is 0 Å². The summed E-state index contributed by atoms with van der Waals surface area (Å²) in [5.74, 6) is 0.637. The molecule has 0 amide bonds. The molecule has 1 aromatic rings. The van der Waals surface area contributed by atoms with Crippen molar-refractivity contribution in [2.75, 3.05) is 6.54 Å². The summed E-state index contributed by atoms with van der Waals surface area (Å²) in [5.41, 5.74) is 2.90. The quantitative estimate of drug-likeness (QED) is 0.821. The highest BCUT2D eigenvalue weighted by Gasteiger charge is 2.14. The van der Waals surface area contributed by atoms with Crippen LogP contribution in [0.4, 0.5) is 0 Å². The lowest BCUT2D eigenvalue weighted by atomic mass is 9.95. The standard InChI is InChI=1S/C14H21N.ClH/c1-11(2)12-6-8-13(9-7-12)14-5-3-4-10-15-14;/h6-9,11,14-15H,3-5,10H2,1-2H3;1H. The van der Waals surface area contributed by atoms with Crippen LogP contribution in [0, 0.1) is 0 Å². The Balaban J connectivity index is 0.00000128. The van der Waals surface area contributed by atoms with E-state index >= 15 is 0 Å². The van der Waals surface area contributed by atoms with Crippen LogP contribution in [0.1, 0.15) is 56.2 Å². The fourth-order valence-electron chi connectivity index (χ4n) is 2.25. The van der Waals surface area contributed by atoms with Gasteiger partial charge in [0, 0.05) is 6.04 Å². The first-order valence-corrected chi connectivity index (χ1v) is 6.10. The Bertz CT molecular complexity index is 299. The monoisotopic (exact) mass is 239 g/mol. The van der Waals surface area contributed by atoms with E-state index in [1.165, 1.54) is 36.9 Å². The first kappa shape index (κ1) is 13.5. The van der Waals surface area contributed by atoms with E-state index in [0.29, 0.717) is 12.0 Å². The van der Waals surface area contributed by atoms with Gasteiger partial charge in [0.1, 0.15) is 0 Å². The molecule has 1 aromatic carbocycles. The fourth-order valence-corrected chi connectivity index (χ4v) is 2.25. The summed E-state index contributed by atoms with van der Waals surface area (Å²) in [6.45, 7) is 5.67. The minimum atomic E-state index is 0. The van der Waals surface area contributed by atoms with Gasteiger partial charge in [0.2, 0.25) is 0 Å². The summed E-state index contributed by atoms with van der Waals surface area (Å²) in [6, 6.07) is 9.73. The molecule has 1 unspecified atom stereocenters. The second kappa shape index (κ2) is 6.27. The van der Waals surface area contributed by atoms with Crippen molar-refractivity contribution in [2.45, 2.75) is 45.1 Å². The SMILES string of the molecule is CC(C)c1ccc(C2CCCCN2)cc1.Cl. The number of halogens is 1. The van der Waals surface area contributed by atoms with Crippen molar-refractivity contribution in [3.63, 3.8) is 0 Å². The Labute approximate surface area is 105 Å². The molecule has 16 heavy (non-hydrogen) atoms. The average molecular weight is 240 g/mol. The first-order valence-electron chi connectivity index (χ1n) is 6.10. The third kappa shape index (κ3) is 3.23. The predicted octanol–water partition coefficient (Wildman–Crippen LogP) is 4.05. The van der Waals surface area contributed by atoms with Crippen molar-refractivity contribution in [3.8, 4) is 0 Å². The van der Waals surface area contributed by atoms with Crippen molar-refractivity contribution >= 4 is 12.4 Å². The smallest absolute Gasteiger partial charge is 0.0320 e. The molecule has 0 radical (unpaired) electrons. The van der Waals surface area contributed by atoms with E-state index in [0.717, 1.165) is 0 Å². The normalized spacial score (nSPS) is 20.6. The van der Waals surface area contributed by atoms with Crippen LogP contribution in [0.15, 0.2) is 24.3 Å². The van der Waals surface area contributed by atoms with E-state index in [2.05, 4.69) is 43.4 Å². The van der Waals surface area contributed by atoms with Crippen LogP contribution in [-0.2, 0) is 0 Å². The van der Waals surface area contributed by atoms with Gasteiger partial charge in [-0.2, -0.15) is 0 Å². The maximum Gasteiger partial charge on any atom is 0.0320 e. The molecule has 1 nitrogen and oxygen atoms in total. The van der Waals surface area contributed by atoms with Crippen LogP contribution in [-0.4, -0.2) is 6.54 Å². The van der Waals surface area contributed by atoms with Gasteiger partial charge in [0.05, 0.1) is 0 Å². The van der Waals surface area contributed by atoms with Crippen LogP contribution in [0.5, 0.6) is 0 Å². The summed E-state index contributed by atoms with van der Waals surface area (Å²) in [7, 11) is 0. The van der Waals surface area contributed by atoms with E-state index in [-0.39, 0.29) is 12.4 Å². The molecule has 2 rings (SSSR count). The van der Waals surface area contributed by atoms with Gasteiger partial charge in [-0.25, -0.2) is 0 Å². The lowest BCUT2D eigenvalue weighted by Crippen LogP contribution is -2.26. The first-order chi connectivity index (χ1) is 7.27. The van der Waals surface area contributed by atoms with E-state index in [1.807, 2.05) is 0 Å². The van der Waals surface area contributed by atoms with Crippen LogP contribution >= 0.6 is 12.4 Å². The summed E-state index contributed by atoms with van der Waals surface area (Å²) in [4.78, 5) is 0. The number of piperidine rings is 1. The zero-order chi connectivity index (χ0) is 10.7. The molecule has 0 bridgehead atoms. The van der Waals surface area contributed by atoms with Gasteiger partial charge in [-0.15, -0.1) is 12.4 Å². The molecular formula is C14H22ClN. The summed E-state index contributed by atoms with van der Waals surface area (Å²) >= 11 is 0. The fraction of sp³-hybridized carbons (Fsp3) is 0.571. The summed E-state index contributed by atoms with van der Waals surface area (Å²) in [6.07, 6.45) is 3.99. The number of hydrogen-bond acceptors (Lipinski definition) is 1. The molecule has 1 aliphatic heterocycles. The van der Waals surface area contributed by atoms with Crippen molar-refractivity contribution in [3.05, 3.63) is 35.4 Å². The van der Waals surface area contributed by atoms with Crippen LogP contribution in [0.2, 0.25) is 0 Å². The van der Waals surface area contributed by atoms with Crippen molar-refractivity contribution < 1.29 is 0 Å². The summed E-state index contributed by atoms with van der Waals surface area (Å²) in [5, 5.41) is 3.58. The van der Waals surface area contributed by atoms with Crippen molar-refractivity contribution in [1.29, 1.82) is 0 Å². The van der Waals surface area contributed by atoms with Crippen LogP contribution in [0.3, 0.4) is 0 Å². The van der Waals surface area contributed by atoms with Crippen LogP contribution < -0.4 is 5.32 Å². The third-order valence-corrected chi connectivity index (χ3v) is 3.32. The minimum Gasteiger partial charge on any atom is -0.310 e. The molecule has 0 saturated carbocycles. The maximum absolute atomic E-state index is 3.58. The molecule has 0 aliphatic carbocycles. The van der Waals surface area contributed by atoms with E-state index in [4.69, 9.17) is 0 Å². The van der Waals surface area contributed by atoms with Gasteiger partial charge >= 0.3 is 0 Å². The number of nitrogens with one attached hydrogen (secondary N) is 1. The lowest BCUT2D eigenvalue weighted by Gasteiger charge is -2.24. The Morgan fingerprint density at radius 1 is 1.12 bits per heavy atom. The average Bonchev–Trinajstić information content (AvgIpc) is 2.30. The molecule has 1 saturated heterocycles. The molecule has 1 fully saturated rings. The second-order valence-electron chi connectivity index (χ2n) is 4.82. The Morgan fingerprint density at radius 3 is 2.31 bits per heavy atom. The molecule has 1 heterocycles. The van der Waals surface area contributed by atoms with Gasteiger partial charge in [0.15, 0.2) is 0 Å². The highest BCUT2D eigenvalue weighted by atomic mass is 35.5. The third-order valence-electron chi connectivity index (χ3n) is 3.32. The largest absolute Gasteiger partial charge is 0.310 e. The molecule has 1 atom stereocenters. The Hall–Kier alpha value is -0.530. The van der Waals surface area contributed by atoms with Gasteiger partial charge < -0.3 is 5.32 Å². The number of rotatable bonds is 2. The molecule has 1 N–H and O–H groups in total. The van der Waals surface area contributed by atoms with Gasteiger partial charge in [-0.3, -0.25) is 0 Å². The van der Waals surface area contributed by atoms with E-state index in [9.17, 15) is 0 Å². The summed E-state index contributed by atoms with van der Waals surface area (Å²) < 4.78 is 0. The zero-order valence-electron chi connectivity index (χ0n) is 10.2. The van der Waals surface area contributed by atoms with Crippen molar-refractivity contribution in [1.82, 2.24) is 5.32 Å². The number of hydrogen-bond donors (Lipinski definition) is 1. The lowest BCUT2D eigenvalue weighted by molar-refractivity contribution is 0.412. The number of benzene rings is 1. The molecule has 1 aliphatic rings. The molecular weight excluding hydrogens is 218 g/mol. The Kier molecular flexibility index (Phi) is 5.30. The minimum absolute atomic E-state index is 0. The molecule has 0 aromatic heterocycles. The molecule has 0 spiro atoms. The van der Waals surface area contributed by atoms with Crippen molar-refractivity contribution in [2.24, 2.45) is 0 Å². The predicted molar refractivity (Wildman–Crippen MR) is 72.4 cm³/mol. The zero-order valence-corrected chi connectivity index (χ0v) is 11.0. The second-order valence-corrected chi connectivity index (χ2v) is 4.82. The highest BCUT2D eigenvalue weighted by Crippen LogP contribution is 2.24. The Morgan fingerprint density at radius 2 is 1.81 bits per heavy atom.